The molecule has 0 saturated heterocycles. The van der Waals surface area contributed by atoms with E-state index in [1.807, 2.05) is 13.8 Å². The highest BCUT2D eigenvalue weighted by Gasteiger charge is 2.07. The van der Waals surface area contributed by atoms with Crippen LogP contribution in [0.15, 0.2) is 0 Å². The molecule has 1 unspecified atom stereocenters. The minimum absolute atomic E-state index is 0.0225. The van der Waals surface area contributed by atoms with Crippen LogP contribution in [-0.2, 0) is 10.0 Å². The molecule has 0 radical (unpaired) electrons. The van der Waals surface area contributed by atoms with Gasteiger partial charge in [-0.05, 0) is 19.8 Å². The highest BCUT2D eigenvalue weighted by atomic mass is 35.5. The Morgan fingerprint density at radius 1 is 1.50 bits per heavy atom. The molecule has 0 bridgehead atoms. The fourth-order valence-electron chi connectivity index (χ4n) is 0.754. The van der Waals surface area contributed by atoms with Gasteiger partial charge in [-0.2, -0.15) is 0 Å². The summed E-state index contributed by atoms with van der Waals surface area (Å²) in [6.45, 7) is 4.12. The predicted molar refractivity (Wildman–Crippen MR) is 52.0 cm³/mol. The van der Waals surface area contributed by atoms with Crippen LogP contribution in [-0.4, -0.2) is 26.1 Å². The van der Waals surface area contributed by atoms with Gasteiger partial charge in [-0.15, -0.1) is 11.6 Å². The van der Waals surface area contributed by atoms with Crippen LogP contribution in [0, 0.1) is 0 Å². The standard InChI is InChI=1S/C7H16ClNO2S/c1-3-6-12(10,11)9-5-4-7(2)8/h7,9H,3-6H2,1-2H3. The summed E-state index contributed by atoms with van der Waals surface area (Å²) in [5.74, 6) is 0.198. The van der Waals surface area contributed by atoms with E-state index < -0.39 is 10.0 Å². The van der Waals surface area contributed by atoms with Crippen molar-refractivity contribution in [2.75, 3.05) is 12.3 Å². The van der Waals surface area contributed by atoms with Crippen molar-refractivity contribution in [3.63, 3.8) is 0 Å². The first-order chi connectivity index (χ1) is 5.48. The Hall–Kier alpha value is 0.200. The summed E-state index contributed by atoms with van der Waals surface area (Å²) in [4.78, 5) is 0. The SMILES string of the molecule is CCCS(=O)(=O)NCCC(C)Cl. The normalized spacial score (nSPS) is 14.6. The monoisotopic (exact) mass is 213 g/mol. The van der Waals surface area contributed by atoms with Gasteiger partial charge in [0.25, 0.3) is 0 Å². The van der Waals surface area contributed by atoms with Crippen LogP contribution in [0.2, 0.25) is 0 Å². The molecule has 0 saturated carbocycles. The quantitative estimate of drug-likeness (QED) is 0.677. The van der Waals surface area contributed by atoms with Gasteiger partial charge in [0.05, 0.1) is 5.75 Å². The van der Waals surface area contributed by atoms with Crippen LogP contribution in [0.1, 0.15) is 26.7 Å². The highest BCUT2D eigenvalue weighted by molar-refractivity contribution is 7.89. The number of sulfonamides is 1. The third kappa shape index (κ3) is 6.88. The second-order valence-corrected chi connectivity index (χ2v) is 5.45. The molecule has 74 valence electrons. The first-order valence-electron chi connectivity index (χ1n) is 4.09. The minimum atomic E-state index is -3.04. The summed E-state index contributed by atoms with van der Waals surface area (Å²) in [6, 6.07) is 0. The second kappa shape index (κ2) is 5.78. The molecule has 0 fully saturated rings. The minimum Gasteiger partial charge on any atom is -0.215 e. The molecular formula is C7H16ClNO2S. The van der Waals surface area contributed by atoms with Crippen molar-refractivity contribution in [2.24, 2.45) is 0 Å². The van der Waals surface area contributed by atoms with Gasteiger partial charge < -0.3 is 0 Å². The Labute approximate surface area is 79.5 Å². The fraction of sp³-hybridized carbons (Fsp3) is 1.00. The van der Waals surface area contributed by atoms with E-state index in [0.29, 0.717) is 19.4 Å². The maximum atomic E-state index is 11.1. The number of hydrogen-bond donors (Lipinski definition) is 1. The molecule has 3 nitrogen and oxygen atoms in total. The van der Waals surface area contributed by atoms with Crippen molar-refractivity contribution in [3.8, 4) is 0 Å². The lowest BCUT2D eigenvalue weighted by Gasteiger charge is -2.05. The molecule has 0 rings (SSSR count). The van der Waals surface area contributed by atoms with Gasteiger partial charge in [-0.25, -0.2) is 13.1 Å². The zero-order chi connectivity index (χ0) is 9.61. The van der Waals surface area contributed by atoms with E-state index in [-0.39, 0.29) is 11.1 Å². The highest BCUT2D eigenvalue weighted by Crippen LogP contribution is 1.98. The average Bonchev–Trinajstić information content (AvgIpc) is 1.85. The molecule has 0 aliphatic heterocycles. The summed E-state index contributed by atoms with van der Waals surface area (Å²) in [7, 11) is -3.04. The Kier molecular flexibility index (Phi) is 5.88. The number of nitrogens with one attached hydrogen (secondary N) is 1. The van der Waals surface area contributed by atoms with Gasteiger partial charge in [0.15, 0.2) is 0 Å². The molecule has 0 aliphatic carbocycles. The van der Waals surface area contributed by atoms with E-state index in [9.17, 15) is 8.42 Å². The smallest absolute Gasteiger partial charge is 0.211 e. The molecule has 1 atom stereocenters. The Bertz CT molecular complexity index is 201. The van der Waals surface area contributed by atoms with Gasteiger partial charge >= 0.3 is 0 Å². The first kappa shape index (κ1) is 12.2. The van der Waals surface area contributed by atoms with E-state index in [2.05, 4.69) is 4.72 Å². The summed E-state index contributed by atoms with van der Waals surface area (Å²) in [5.41, 5.74) is 0. The molecule has 0 amide bonds. The Balaban J connectivity index is 3.62. The van der Waals surface area contributed by atoms with Crippen LogP contribution >= 0.6 is 11.6 Å². The van der Waals surface area contributed by atoms with Crippen LogP contribution in [0.25, 0.3) is 0 Å². The van der Waals surface area contributed by atoms with E-state index >= 15 is 0 Å². The molecule has 0 aliphatic rings. The molecule has 0 aromatic heterocycles. The molecular weight excluding hydrogens is 198 g/mol. The molecule has 1 N–H and O–H groups in total. The van der Waals surface area contributed by atoms with Crippen molar-refractivity contribution in [2.45, 2.75) is 32.1 Å². The second-order valence-electron chi connectivity index (χ2n) is 2.78. The Morgan fingerprint density at radius 2 is 2.08 bits per heavy atom. The predicted octanol–water partition coefficient (Wildman–Crippen LogP) is 1.33. The van der Waals surface area contributed by atoms with Crippen molar-refractivity contribution in [1.29, 1.82) is 0 Å². The largest absolute Gasteiger partial charge is 0.215 e. The van der Waals surface area contributed by atoms with Crippen LogP contribution < -0.4 is 4.72 Å². The maximum Gasteiger partial charge on any atom is 0.211 e. The first-order valence-corrected chi connectivity index (χ1v) is 6.18. The summed E-state index contributed by atoms with van der Waals surface area (Å²) in [5, 5.41) is 0.0225. The third-order valence-electron chi connectivity index (χ3n) is 1.34. The number of hydrogen-bond acceptors (Lipinski definition) is 2. The van der Waals surface area contributed by atoms with Crippen LogP contribution in [0.5, 0.6) is 0 Å². The van der Waals surface area contributed by atoms with E-state index in [1.165, 1.54) is 0 Å². The van der Waals surface area contributed by atoms with Gasteiger partial charge in [0, 0.05) is 11.9 Å². The van der Waals surface area contributed by atoms with Crippen LogP contribution in [0.4, 0.5) is 0 Å². The van der Waals surface area contributed by atoms with Crippen molar-refractivity contribution in [3.05, 3.63) is 0 Å². The van der Waals surface area contributed by atoms with Crippen molar-refractivity contribution in [1.82, 2.24) is 4.72 Å². The Morgan fingerprint density at radius 3 is 2.50 bits per heavy atom. The van der Waals surface area contributed by atoms with Gasteiger partial charge in [-0.1, -0.05) is 6.92 Å². The van der Waals surface area contributed by atoms with Crippen LogP contribution in [0.3, 0.4) is 0 Å². The van der Waals surface area contributed by atoms with Crippen molar-refractivity contribution >= 4 is 21.6 Å². The summed E-state index contributed by atoms with van der Waals surface area (Å²) in [6.07, 6.45) is 1.32. The average molecular weight is 214 g/mol. The van der Waals surface area contributed by atoms with Gasteiger partial charge in [0.2, 0.25) is 10.0 Å². The molecule has 0 spiro atoms. The number of halogens is 1. The molecule has 12 heavy (non-hydrogen) atoms. The summed E-state index contributed by atoms with van der Waals surface area (Å²) < 4.78 is 24.6. The topological polar surface area (TPSA) is 46.2 Å². The van der Waals surface area contributed by atoms with Gasteiger partial charge in [-0.3, -0.25) is 0 Å². The van der Waals surface area contributed by atoms with E-state index in [0.717, 1.165) is 0 Å². The molecule has 0 heterocycles. The number of alkyl halides is 1. The lowest BCUT2D eigenvalue weighted by atomic mass is 10.3. The molecule has 0 aromatic carbocycles. The molecule has 5 heteroatoms. The fourth-order valence-corrected chi connectivity index (χ4v) is 1.97. The zero-order valence-electron chi connectivity index (χ0n) is 7.51. The van der Waals surface area contributed by atoms with Gasteiger partial charge in [0.1, 0.15) is 0 Å². The summed E-state index contributed by atoms with van der Waals surface area (Å²) >= 11 is 5.65. The molecule has 0 aromatic rings. The number of rotatable bonds is 6. The van der Waals surface area contributed by atoms with E-state index in [1.54, 1.807) is 0 Å². The maximum absolute atomic E-state index is 11.1. The zero-order valence-corrected chi connectivity index (χ0v) is 9.08. The lowest BCUT2D eigenvalue weighted by Crippen LogP contribution is -2.28. The lowest BCUT2D eigenvalue weighted by molar-refractivity contribution is 0.577. The third-order valence-corrected chi connectivity index (χ3v) is 3.14. The van der Waals surface area contributed by atoms with E-state index in [4.69, 9.17) is 11.6 Å². The van der Waals surface area contributed by atoms with Crippen molar-refractivity contribution < 1.29 is 8.42 Å².